The predicted molar refractivity (Wildman–Crippen MR) is 75.2 cm³/mol. The van der Waals surface area contributed by atoms with Gasteiger partial charge in [-0.1, -0.05) is 20.8 Å². The summed E-state index contributed by atoms with van der Waals surface area (Å²) in [5.41, 5.74) is 1.32. The SMILES string of the molecule is CC(C)(C)c1cc(C(=O)O)cc(Nc2cncnc2)n1. The van der Waals surface area contributed by atoms with E-state index >= 15 is 0 Å². The number of carboxylic acid groups (broad SMARTS) is 1. The second-order valence-electron chi connectivity index (χ2n) is 5.43. The Bertz CT molecular complexity index is 621. The van der Waals surface area contributed by atoms with E-state index < -0.39 is 5.97 Å². The van der Waals surface area contributed by atoms with E-state index in [1.807, 2.05) is 20.8 Å². The van der Waals surface area contributed by atoms with Crippen molar-refractivity contribution < 1.29 is 9.90 Å². The smallest absolute Gasteiger partial charge is 0.335 e. The number of hydrogen-bond donors (Lipinski definition) is 2. The van der Waals surface area contributed by atoms with Crippen LogP contribution in [0.3, 0.4) is 0 Å². The minimum atomic E-state index is -0.981. The summed E-state index contributed by atoms with van der Waals surface area (Å²) in [5.74, 6) is -0.519. The Hall–Kier alpha value is -2.50. The van der Waals surface area contributed by atoms with Gasteiger partial charge < -0.3 is 10.4 Å². The van der Waals surface area contributed by atoms with Gasteiger partial charge >= 0.3 is 5.97 Å². The molecule has 0 amide bonds. The lowest BCUT2D eigenvalue weighted by Crippen LogP contribution is -2.16. The van der Waals surface area contributed by atoms with Gasteiger partial charge in [0.2, 0.25) is 0 Å². The number of aromatic carboxylic acids is 1. The molecule has 0 aliphatic heterocycles. The molecule has 6 nitrogen and oxygen atoms in total. The Balaban J connectivity index is 2.42. The minimum absolute atomic E-state index is 0.198. The molecule has 0 unspecified atom stereocenters. The standard InChI is InChI=1S/C14H16N4O2/c1-14(2,3)11-4-9(13(19)20)5-12(18-11)17-10-6-15-8-16-7-10/h4-8H,1-3H3,(H,17,18)(H,19,20). The van der Waals surface area contributed by atoms with Crippen LogP contribution in [0.2, 0.25) is 0 Å². The zero-order valence-corrected chi connectivity index (χ0v) is 11.6. The Kier molecular flexibility index (Phi) is 3.65. The van der Waals surface area contributed by atoms with Crippen molar-refractivity contribution in [3.8, 4) is 0 Å². The van der Waals surface area contributed by atoms with Gasteiger partial charge in [0.1, 0.15) is 12.1 Å². The second kappa shape index (κ2) is 5.24. The largest absolute Gasteiger partial charge is 0.478 e. The Morgan fingerprint density at radius 3 is 2.40 bits per heavy atom. The number of nitrogens with zero attached hydrogens (tertiary/aromatic N) is 3. The van der Waals surface area contributed by atoms with Gasteiger partial charge in [-0.05, 0) is 12.1 Å². The molecule has 2 N–H and O–H groups in total. The molecule has 2 heterocycles. The van der Waals surface area contributed by atoms with Crippen molar-refractivity contribution in [2.45, 2.75) is 26.2 Å². The van der Waals surface area contributed by atoms with Crippen LogP contribution in [0.4, 0.5) is 11.5 Å². The monoisotopic (exact) mass is 272 g/mol. The number of aromatic nitrogens is 3. The van der Waals surface area contributed by atoms with Gasteiger partial charge in [0.05, 0.1) is 23.6 Å². The van der Waals surface area contributed by atoms with Gasteiger partial charge in [-0.2, -0.15) is 0 Å². The molecular formula is C14H16N4O2. The predicted octanol–water partition coefficient (Wildman–Crippen LogP) is 2.61. The highest BCUT2D eigenvalue weighted by Crippen LogP contribution is 2.24. The maximum atomic E-state index is 11.2. The molecule has 0 spiro atoms. The highest BCUT2D eigenvalue weighted by Gasteiger charge is 2.19. The van der Waals surface area contributed by atoms with Gasteiger partial charge in [0.25, 0.3) is 0 Å². The third-order valence-corrected chi connectivity index (χ3v) is 2.67. The molecule has 2 aromatic heterocycles. The van der Waals surface area contributed by atoms with Gasteiger partial charge in [0, 0.05) is 11.1 Å². The van der Waals surface area contributed by atoms with Crippen LogP contribution in [0, 0.1) is 0 Å². The molecule has 20 heavy (non-hydrogen) atoms. The second-order valence-corrected chi connectivity index (χ2v) is 5.43. The first-order chi connectivity index (χ1) is 9.36. The molecule has 0 saturated carbocycles. The number of nitrogens with one attached hydrogen (secondary N) is 1. The van der Waals surface area contributed by atoms with Crippen LogP contribution in [0.5, 0.6) is 0 Å². The summed E-state index contributed by atoms with van der Waals surface area (Å²) in [6.45, 7) is 5.95. The quantitative estimate of drug-likeness (QED) is 0.893. The third kappa shape index (κ3) is 3.28. The number of carboxylic acids is 1. The van der Waals surface area contributed by atoms with Gasteiger partial charge in [-0.3, -0.25) is 0 Å². The van der Waals surface area contributed by atoms with E-state index in [4.69, 9.17) is 0 Å². The molecule has 0 aliphatic rings. The number of pyridine rings is 1. The lowest BCUT2D eigenvalue weighted by Gasteiger charge is -2.19. The van der Waals surface area contributed by atoms with Gasteiger partial charge in [0.15, 0.2) is 0 Å². The van der Waals surface area contributed by atoms with E-state index in [0.29, 0.717) is 17.2 Å². The molecule has 0 fully saturated rings. The van der Waals surface area contributed by atoms with Crippen molar-refractivity contribution in [1.29, 1.82) is 0 Å². The zero-order valence-electron chi connectivity index (χ0n) is 11.6. The molecule has 0 aliphatic carbocycles. The van der Waals surface area contributed by atoms with Gasteiger partial charge in [-0.25, -0.2) is 19.7 Å². The molecule has 0 bridgehead atoms. The van der Waals surface area contributed by atoms with E-state index in [1.54, 1.807) is 18.5 Å². The third-order valence-electron chi connectivity index (χ3n) is 2.67. The van der Waals surface area contributed by atoms with Gasteiger partial charge in [-0.15, -0.1) is 0 Å². The van der Waals surface area contributed by atoms with Crippen LogP contribution >= 0.6 is 0 Å². The Labute approximate surface area is 116 Å². The van der Waals surface area contributed by atoms with E-state index in [0.717, 1.165) is 0 Å². The normalized spacial score (nSPS) is 11.2. The van der Waals surface area contributed by atoms with Crippen LogP contribution in [-0.2, 0) is 5.41 Å². The molecule has 0 aromatic carbocycles. The lowest BCUT2D eigenvalue weighted by molar-refractivity contribution is 0.0696. The molecule has 2 aromatic rings. The summed E-state index contributed by atoms with van der Waals surface area (Å²) in [6.07, 6.45) is 4.62. The Morgan fingerprint density at radius 1 is 1.20 bits per heavy atom. The van der Waals surface area contributed by atoms with Crippen LogP contribution < -0.4 is 5.32 Å². The number of rotatable bonds is 3. The molecular weight excluding hydrogens is 256 g/mol. The van der Waals surface area contributed by atoms with Crippen molar-refractivity contribution in [3.63, 3.8) is 0 Å². The fourth-order valence-electron chi connectivity index (χ4n) is 1.61. The highest BCUT2D eigenvalue weighted by atomic mass is 16.4. The topological polar surface area (TPSA) is 88.0 Å². The van der Waals surface area contributed by atoms with Crippen molar-refractivity contribution in [2.24, 2.45) is 0 Å². The van der Waals surface area contributed by atoms with Crippen molar-refractivity contribution in [3.05, 3.63) is 42.1 Å². The van der Waals surface area contributed by atoms with Crippen molar-refractivity contribution in [2.75, 3.05) is 5.32 Å². The fourth-order valence-corrected chi connectivity index (χ4v) is 1.61. The highest BCUT2D eigenvalue weighted by molar-refractivity contribution is 5.89. The first-order valence-corrected chi connectivity index (χ1v) is 6.14. The van der Waals surface area contributed by atoms with E-state index in [9.17, 15) is 9.90 Å². The first-order valence-electron chi connectivity index (χ1n) is 6.14. The molecule has 104 valence electrons. The first kappa shape index (κ1) is 13.9. The summed E-state index contributed by atoms with van der Waals surface area (Å²) < 4.78 is 0. The van der Waals surface area contributed by atoms with Crippen LogP contribution in [0.1, 0.15) is 36.8 Å². The molecule has 0 radical (unpaired) electrons. The van der Waals surface area contributed by atoms with E-state index in [-0.39, 0.29) is 11.0 Å². The van der Waals surface area contributed by atoms with E-state index in [2.05, 4.69) is 20.3 Å². The average Bonchev–Trinajstić information content (AvgIpc) is 2.38. The molecule has 6 heteroatoms. The zero-order chi connectivity index (χ0) is 14.8. The van der Waals surface area contributed by atoms with Crippen molar-refractivity contribution in [1.82, 2.24) is 15.0 Å². The number of hydrogen-bond acceptors (Lipinski definition) is 5. The molecule has 0 atom stereocenters. The number of anilines is 2. The van der Waals surface area contributed by atoms with Crippen LogP contribution in [-0.4, -0.2) is 26.0 Å². The Morgan fingerprint density at radius 2 is 1.85 bits per heavy atom. The maximum absolute atomic E-state index is 11.2. The van der Waals surface area contributed by atoms with E-state index in [1.165, 1.54) is 12.4 Å². The average molecular weight is 272 g/mol. The minimum Gasteiger partial charge on any atom is -0.478 e. The fraction of sp³-hybridized carbons (Fsp3) is 0.286. The number of carbonyl (C=O) groups is 1. The van der Waals surface area contributed by atoms with Crippen molar-refractivity contribution >= 4 is 17.5 Å². The lowest BCUT2D eigenvalue weighted by atomic mass is 9.91. The summed E-state index contributed by atoms with van der Waals surface area (Å²) in [4.78, 5) is 23.4. The summed E-state index contributed by atoms with van der Waals surface area (Å²) in [7, 11) is 0. The summed E-state index contributed by atoms with van der Waals surface area (Å²) in [6, 6.07) is 3.08. The molecule has 2 rings (SSSR count). The molecule has 0 saturated heterocycles. The van der Waals surface area contributed by atoms with Crippen LogP contribution in [0.25, 0.3) is 0 Å². The maximum Gasteiger partial charge on any atom is 0.335 e. The van der Waals surface area contributed by atoms with Crippen LogP contribution in [0.15, 0.2) is 30.9 Å². The summed E-state index contributed by atoms with van der Waals surface area (Å²) in [5, 5.41) is 12.2. The summed E-state index contributed by atoms with van der Waals surface area (Å²) >= 11 is 0.